The van der Waals surface area contributed by atoms with Gasteiger partial charge in [-0.1, -0.05) is 42.5 Å². The van der Waals surface area contributed by atoms with Crippen LogP contribution in [0.3, 0.4) is 0 Å². The zero-order chi connectivity index (χ0) is 29.3. The molecule has 3 fully saturated rings. The molecule has 1 spiro atoms. The van der Waals surface area contributed by atoms with Crippen LogP contribution in [-0.2, 0) is 14.4 Å². The van der Waals surface area contributed by atoms with Crippen LogP contribution in [0.25, 0.3) is 0 Å². The summed E-state index contributed by atoms with van der Waals surface area (Å²) in [6.07, 6.45) is 4.71. The first-order chi connectivity index (χ1) is 19.8. The fourth-order valence-electron chi connectivity index (χ4n) is 6.92. The molecule has 9 heteroatoms. The van der Waals surface area contributed by atoms with Crippen molar-refractivity contribution in [2.75, 3.05) is 38.8 Å². The molecule has 3 saturated heterocycles. The lowest BCUT2D eigenvalue weighted by Gasteiger charge is -2.39. The highest BCUT2D eigenvalue weighted by atomic mass is 32.2. The van der Waals surface area contributed by atoms with Crippen molar-refractivity contribution < 1.29 is 24.2 Å². The Bertz CT molecular complexity index is 1320. The zero-order valence-corrected chi connectivity index (χ0v) is 24.3. The molecule has 0 aliphatic carbocycles. The van der Waals surface area contributed by atoms with Crippen molar-refractivity contribution in [2.45, 2.75) is 34.9 Å². The minimum absolute atomic E-state index is 0.0562. The number of hydrogen-bond acceptors (Lipinski definition) is 6. The van der Waals surface area contributed by atoms with E-state index in [2.05, 4.69) is 13.2 Å². The van der Waals surface area contributed by atoms with E-state index in [0.29, 0.717) is 24.4 Å². The molecule has 0 aromatic heterocycles. The highest BCUT2D eigenvalue weighted by molar-refractivity contribution is 8.02. The van der Waals surface area contributed by atoms with Crippen molar-refractivity contribution in [3.05, 3.63) is 85.5 Å². The van der Waals surface area contributed by atoms with Crippen molar-refractivity contribution in [3.63, 3.8) is 0 Å². The Morgan fingerprint density at radius 2 is 1.80 bits per heavy atom. The number of likely N-dealkylation sites (tertiary alicyclic amines) is 1. The van der Waals surface area contributed by atoms with Gasteiger partial charge >= 0.3 is 0 Å². The molecule has 3 amide bonds. The summed E-state index contributed by atoms with van der Waals surface area (Å²) in [5, 5.41) is 10.6. The number of ether oxygens (including phenoxy) is 1. The molecule has 3 aliphatic heterocycles. The summed E-state index contributed by atoms with van der Waals surface area (Å²) in [5.41, 5.74) is 1.39. The van der Waals surface area contributed by atoms with Crippen LogP contribution in [0.15, 0.2) is 79.9 Å². The van der Waals surface area contributed by atoms with E-state index in [4.69, 9.17) is 4.74 Å². The number of rotatable bonds is 11. The van der Waals surface area contributed by atoms with Crippen LogP contribution in [-0.4, -0.2) is 82.5 Å². The number of fused-ring (bicyclic) bond motifs is 1. The summed E-state index contributed by atoms with van der Waals surface area (Å²) in [7, 11) is 3.31. The topological polar surface area (TPSA) is 90.4 Å². The maximum atomic E-state index is 14.8. The van der Waals surface area contributed by atoms with Gasteiger partial charge in [-0.2, -0.15) is 0 Å². The Balaban J connectivity index is 1.63. The molecular weight excluding hydrogens is 538 g/mol. The number of aliphatic hydroxyl groups excluding tert-OH is 1. The molecule has 216 valence electrons. The highest BCUT2D eigenvalue weighted by Crippen LogP contribution is 2.67. The van der Waals surface area contributed by atoms with E-state index in [1.807, 2.05) is 42.5 Å². The van der Waals surface area contributed by atoms with Gasteiger partial charge in [0.25, 0.3) is 5.91 Å². The van der Waals surface area contributed by atoms with Crippen molar-refractivity contribution in [3.8, 4) is 5.75 Å². The number of carbonyl (C=O) groups excluding carboxylic acids is 3. The van der Waals surface area contributed by atoms with Gasteiger partial charge in [0.2, 0.25) is 11.8 Å². The summed E-state index contributed by atoms with van der Waals surface area (Å²) in [5.74, 6) is -1.15. The number of nitrogens with zero attached hydrogens (tertiary/aromatic N) is 3. The average molecular weight is 576 g/mol. The van der Waals surface area contributed by atoms with Gasteiger partial charge in [-0.05, 0) is 42.7 Å². The lowest BCUT2D eigenvalue weighted by molar-refractivity contribution is -0.145. The summed E-state index contributed by atoms with van der Waals surface area (Å²) in [4.78, 5) is 47.9. The van der Waals surface area contributed by atoms with Gasteiger partial charge in [-0.3, -0.25) is 14.4 Å². The standard InChI is InChI=1S/C32H37N3O5S/c1-5-18-33(3)29(37)26-25-16-17-32(41-25)27(26)30(38)35(24(20-36)21-10-8-7-9-11-21)28(32)31(39)34(19-6-2)22-12-14-23(40-4)15-13-22/h5-15,24-28,36H,1-2,16-20H2,3-4H3/t24-,25-,26+,27+,28?,32?/m1/s1. The maximum Gasteiger partial charge on any atom is 0.251 e. The second-order valence-electron chi connectivity index (χ2n) is 10.9. The Hall–Kier alpha value is -3.56. The van der Waals surface area contributed by atoms with Gasteiger partial charge in [0, 0.05) is 31.1 Å². The van der Waals surface area contributed by atoms with E-state index in [-0.39, 0.29) is 36.1 Å². The lowest BCUT2D eigenvalue weighted by atomic mass is 9.70. The Kier molecular flexibility index (Phi) is 8.29. The minimum atomic E-state index is -0.878. The van der Waals surface area contributed by atoms with Crippen molar-refractivity contribution >= 4 is 35.2 Å². The van der Waals surface area contributed by atoms with Gasteiger partial charge in [0.05, 0.1) is 36.3 Å². The first-order valence-electron chi connectivity index (χ1n) is 13.9. The van der Waals surface area contributed by atoms with E-state index in [1.165, 1.54) is 0 Å². The van der Waals surface area contributed by atoms with Crippen LogP contribution < -0.4 is 9.64 Å². The van der Waals surface area contributed by atoms with Gasteiger partial charge in [-0.15, -0.1) is 24.9 Å². The quantitative estimate of drug-likeness (QED) is 0.411. The fraction of sp³-hybridized carbons (Fsp3) is 0.406. The first-order valence-corrected chi connectivity index (χ1v) is 14.8. The van der Waals surface area contributed by atoms with E-state index in [1.54, 1.807) is 64.9 Å². The number of likely N-dealkylation sites (N-methyl/N-ethyl adjacent to an activating group) is 1. The monoisotopic (exact) mass is 575 g/mol. The molecule has 0 saturated carbocycles. The van der Waals surface area contributed by atoms with Gasteiger partial charge < -0.3 is 24.5 Å². The largest absolute Gasteiger partial charge is 0.497 e. The summed E-state index contributed by atoms with van der Waals surface area (Å²) >= 11 is 1.61. The second kappa shape index (κ2) is 11.7. The molecule has 8 nitrogen and oxygen atoms in total. The number of aliphatic hydroxyl groups is 1. The molecule has 41 heavy (non-hydrogen) atoms. The Morgan fingerprint density at radius 3 is 2.41 bits per heavy atom. The number of benzene rings is 2. The van der Waals surface area contributed by atoms with Gasteiger partial charge in [0.1, 0.15) is 11.8 Å². The molecular formula is C32H37N3O5S. The lowest BCUT2D eigenvalue weighted by Crippen LogP contribution is -2.56. The normalized spacial score (nSPS) is 26.8. The fourth-order valence-corrected chi connectivity index (χ4v) is 9.11. The van der Waals surface area contributed by atoms with Crippen molar-refractivity contribution in [1.82, 2.24) is 9.80 Å². The summed E-state index contributed by atoms with van der Waals surface area (Å²) < 4.78 is 4.52. The van der Waals surface area contributed by atoms with Crippen LogP contribution >= 0.6 is 11.8 Å². The molecule has 0 radical (unpaired) electrons. The summed E-state index contributed by atoms with van der Waals surface area (Å²) in [6, 6.07) is 14.9. The Labute approximate surface area is 245 Å². The van der Waals surface area contributed by atoms with E-state index in [0.717, 1.165) is 12.0 Å². The zero-order valence-electron chi connectivity index (χ0n) is 23.5. The van der Waals surface area contributed by atoms with Crippen LogP contribution in [0.1, 0.15) is 24.4 Å². The number of thioether (sulfide) groups is 1. The smallest absolute Gasteiger partial charge is 0.251 e. The van der Waals surface area contributed by atoms with Crippen molar-refractivity contribution in [2.24, 2.45) is 11.8 Å². The minimum Gasteiger partial charge on any atom is -0.497 e. The SMILES string of the molecule is C=CCN(C)C(=O)[C@@H]1[C@H]2C(=O)N([C@H](CO)c3ccccc3)C(C(=O)N(CC=C)c3ccc(OC)cc3)C23CC[C@H]1S3. The summed E-state index contributed by atoms with van der Waals surface area (Å²) in [6.45, 7) is 7.90. The molecule has 5 rings (SSSR count). The molecule has 3 aliphatic rings. The highest BCUT2D eigenvalue weighted by Gasteiger charge is 2.74. The van der Waals surface area contributed by atoms with E-state index >= 15 is 0 Å². The third-order valence-electron chi connectivity index (χ3n) is 8.69. The molecule has 6 atom stereocenters. The predicted molar refractivity (Wildman–Crippen MR) is 161 cm³/mol. The number of methoxy groups -OCH3 is 1. The van der Waals surface area contributed by atoms with Crippen LogP contribution in [0.5, 0.6) is 5.75 Å². The van der Waals surface area contributed by atoms with Crippen LogP contribution in [0.4, 0.5) is 5.69 Å². The number of amides is 3. The number of anilines is 1. The van der Waals surface area contributed by atoms with Gasteiger partial charge in [-0.25, -0.2) is 0 Å². The molecule has 2 bridgehead atoms. The second-order valence-corrected chi connectivity index (χ2v) is 12.5. The van der Waals surface area contributed by atoms with Crippen LogP contribution in [0, 0.1) is 11.8 Å². The maximum absolute atomic E-state index is 14.8. The third-order valence-corrected chi connectivity index (χ3v) is 10.6. The molecule has 2 aromatic rings. The first kappa shape index (κ1) is 29.0. The van der Waals surface area contributed by atoms with Crippen LogP contribution in [0.2, 0.25) is 0 Å². The number of hydrogen-bond donors (Lipinski definition) is 1. The molecule has 2 aromatic carbocycles. The average Bonchev–Trinajstić information content (AvgIpc) is 3.64. The molecule has 2 unspecified atom stereocenters. The third kappa shape index (κ3) is 4.75. The molecule has 3 heterocycles. The van der Waals surface area contributed by atoms with E-state index in [9.17, 15) is 19.5 Å². The van der Waals surface area contributed by atoms with E-state index < -0.39 is 28.7 Å². The molecule has 1 N–H and O–H groups in total. The van der Waals surface area contributed by atoms with Crippen molar-refractivity contribution in [1.29, 1.82) is 0 Å². The Morgan fingerprint density at radius 1 is 1.12 bits per heavy atom. The predicted octanol–water partition coefficient (Wildman–Crippen LogP) is 3.68. The number of carbonyl (C=O) groups is 3. The van der Waals surface area contributed by atoms with Gasteiger partial charge in [0.15, 0.2) is 0 Å².